The van der Waals surface area contributed by atoms with Gasteiger partial charge in [-0.3, -0.25) is 0 Å². The van der Waals surface area contributed by atoms with Gasteiger partial charge in [0.25, 0.3) is 0 Å². The van der Waals surface area contributed by atoms with Gasteiger partial charge in [0.2, 0.25) is 0 Å². The molecule has 0 saturated heterocycles. The molecule has 5 heteroatoms. The number of aromatic nitrogens is 2. The molecule has 0 aliphatic rings. The molecule has 1 aromatic heterocycles. The Morgan fingerprint density at radius 3 is 3.21 bits per heavy atom. The number of hydrogen-bond acceptors (Lipinski definition) is 4. The van der Waals surface area contributed by atoms with E-state index in [0.717, 1.165) is 16.2 Å². The summed E-state index contributed by atoms with van der Waals surface area (Å²) >= 11 is 1.48. The molecular weight excluding hydrogens is 200 g/mol. The maximum atomic E-state index is 9.24. The van der Waals surface area contributed by atoms with Crippen LogP contribution in [-0.4, -0.2) is 28.1 Å². The van der Waals surface area contributed by atoms with Crippen LogP contribution in [0.25, 0.3) is 11.0 Å². The topological polar surface area (TPSA) is 58.1 Å². The van der Waals surface area contributed by atoms with Crippen molar-refractivity contribution in [3.05, 3.63) is 18.2 Å². The first-order valence-corrected chi connectivity index (χ1v) is 5.08. The first-order valence-electron chi connectivity index (χ1n) is 4.10. The van der Waals surface area contributed by atoms with Gasteiger partial charge in [0, 0.05) is 13.2 Å². The third-order valence-electron chi connectivity index (χ3n) is 1.76. The van der Waals surface area contributed by atoms with Crippen molar-refractivity contribution in [2.24, 2.45) is 0 Å². The fourth-order valence-electron chi connectivity index (χ4n) is 1.16. The molecule has 14 heavy (non-hydrogen) atoms. The summed E-state index contributed by atoms with van der Waals surface area (Å²) in [4.78, 5) is 7.39. The second-order valence-electron chi connectivity index (χ2n) is 2.79. The van der Waals surface area contributed by atoms with E-state index >= 15 is 0 Å². The number of rotatable bonds is 3. The fourth-order valence-corrected chi connectivity index (χ4v) is 1.73. The molecule has 1 heterocycles. The second kappa shape index (κ2) is 3.89. The highest BCUT2D eigenvalue weighted by Gasteiger charge is 2.03. The summed E-state index contributed by atoms with van der Waals surface area (Å²) in [5.41, 5.74) is 1.69. The van der Waals surface area contributed by atoms with E-state index in [1.807, 2.05) is 0 Å². The molecule has 2 rings (SSSR count). The van der Waals surface area contributed by atoms with Gasteiger partial charge >= 0.3 is 0 Å². The molecule has 0 bridgehead atoms. The average Bonchev–Trinajstić information content (AvgIpc) is 2.56. The smallest absolute Gasteiger partial charge is 0.168 e. The van der Waals surface area contributed by atoms with Crippen molar-refractivity contribution in [2.75, 3.05) is 13.0 Å². The number of hydrogen-bond donors (Lipinski definition) is 2. The molecule has 1 aromatic carbocycles. The summed E-state index contributed by atoms with van der Waals surface area (Å²) in [7, 11) is 1.64. The molecule has 0 spiro atoms. The monoisotopic (exact) mass is 210 g/mol. The maximum Gasteiger partial charge on any atom is 0.168 e. The second-order valence-corrected chi connectivity index (χ2v) is 3.71. The largest absolute Gasteiger partial charge is 0.508 e. The Balaban J connectivity index is 2.32. The quantitative estimate of drug-likeness (QED) is 0.600. The SMILES string of the molecule is COCSc1nc2ccc(O)cc2[nH]1. The van der Waals surface area contributed by atoms with Crippen LogP contribution >= 0.6 is 11.8 Å². The van der Waals surface area contributed by atoms with Crippen LogP contribution in [0, 0.1) is 0 Å². The van der Waals surface area contributed by atoms with Gasteiger partial charge in [-0.05, 0) is 12.1 Å². The van der Waals surface area contributed by atoms with Gasteiger partial charge in [-0.2, -0.15) is 0 Å². The van der Waals surface area contributed by atoms with Crippen molar-refractivity contribution in [3.8, 4) is 5.75 Å². The minimum atomic E-state index is 0.240. The number of phenols is 1. The van der Waals surface area contributed by atoms with Crippen LogP contribution in [0.2, 0.25) is 0 Å². The lowest BCUT2D eigenvalue weighted by Crippen LogP contribution is -1.82. The number of ether oxygens (including phenoxy) is 1. The number of aromatic hydroxyl groups is 1. The normalized spacial score (nSPS) is 10.9. The number of thioether (sulfide) groups is 1. The van der Waals surface area contributed by atoms with Gasteiger partial charge < -0.3 is 14.8 Å². The van der Waals surface area contributed by atoms with Crippen LogP contribution in [0.1, 0.15) is 0 Å². The zero-order valence-corrected chi connectivity index (χ0v) is 8.47. The van der Waals surface area contributed by atoms with Crippen LogP contribution in [0.5, 0.6) is 5.75 Å². The van der Waals surface area contributed by atoms with E-state index < -0.39 is 0 Å². The average molecular weight is 210 g/mol. The zero-order valence-electron chi connectivity index (χ0n) is 7.65. The number of nitrogens with zero attached hydrogens (tertiary/aromatic N) is 1. The third kappa shape index (κ3) is 1.83. The Morgan fingerprint density at radius 2 is 2.43 bits per heavy atom. The van der Waals surface area contributed by atoms with Crippen molar-refractivity contribution in [1.82, 2.24) is 9.97 Å². The van der Waals surface area contributed by atoms with E-state index in [-0.39, 0.29) is 5.75 Å². The number of nitrogens with one attached hydrogen (secondary N) is 1. The van der Waals surface area contributed by atoms with Gasteiger partial charge in [0.05, 0.1) is 17.0 Å². The summed E-state index contributed by atoms with van der Waals surface area (Å²) < 4.78 is 4.92. The number of H-pyrrole nitrogens is 1. The highest BCUT2D eigenvalue weighted by Crippen LogP contribution is 2.22. The molecule has 0 radical (unpaired) electrons. The minimum Gasteiger partial charge on any atom is -0.508 e. The van der Waals surface area contributed by atoms with Crippen molar-refractivity contribution in [1.29, 1.82) is 0 Å². The molecular formula is C9H10N2O2S. The van der Waals surface area contributed by atoms with E-state index in [0.29, 0.717) is 5.94 Å². The van der Waals surface area contributed by atoms with Crippen molar-refractivity contribution in [2.45, 2.75) is 5.16 Å². The molecule has 0 atom stereocenters. The van der Waals surface area contributed by atoms with E-state index in [9.17, 15) is 5.11 Å². The summed E-state index contributed by atoms with van der Waals surface area (Å²) in [5.74, 6) is 0.802. The summed E-state index contributed by atoms with van der Waals surface area (Å²) in [6.45, 7) is 0. The van der Waals surface area contributed by atoms with Gasteiger partial charge in [-0.25, -0.2) is 4.98 Å². The van der Waals surface area contributed by atoms with Gasteiger partial charge in [-0.15, -0.1) is 0 Å². The summed E-state index contributed by atoms with van der Waals surface area (Å²) in [6, 6.07) is 5.05. The van der Waals surface area contributed by atoms with E-state index in [4.69, 9.17) is 4.74 Å². The number of fused-ring (bicyclic) bond motifs is 1. The number of aromatic amines is 1. The summed E-state index contributed by atoms with van der Waals surface area (Å²) in [6.07, 6.45) is 0. The predicted molar refractivity (Wildman–Crippen MR) is 55.5 cm³/mol. The molecule has 0 aliphatic heterocycles. The minimum absolute atomic E-state index is 0.240. The van der Waals surface area contributed by atoms with E-state index in [1.54, 1.807) is 25.3 Å². The highest BCUT2D eigenvalue weighted by molar-refractivity contribution is 7.99. The molecule has 2 N–H and O–H groups in total. The molecule has 2 aromatic rings. The molecule has 0 aliphatic carbocycles. The Kier molecular flexibility index (Phi) is 2.60. The van der Waals surface area contributed by atoms with Crippen LogP contribution in [0.3, 0.4) is 0 Å². The number of imidazole rings is 1. The third-order valence-corrected chi connectivity index (χ3v) is 2.58. The molecule has 0 amide bonds. The van der Waals surface area contributed by atoms with Crippen LogP contribution < -0.4 is 0 Å². The number of benzene rings is 1. The van der Waals surface area contributed by atoms with Crippen LogP contribution in [-0.2, 0) is 4.74 Å². The lowest BCUT2D eigenvalue weighted by atomic mass is 10.3. The lowest BCUT2D eigenvalue weighted by molar-refractivity contribution is 0.258. The first kappa shape index (κ1) is 9.36. The van der Waals surface area contributed by atoms with Crippen LogP contribution in [0.4, 0.5) is 0 Å². The standard InChI is InChI=1S/C9H10N2O2S/c1-13-5-14-9-10-7-3-2-6(12)4-8(7)11-9/h2-4,12H,5H2,1H3,(H,10,11). The highest BCUT2D eigenvalue weighted by atomic mass is 32.2. The predicted octanol–water partition coefficient (Wildman–Crippen LogP) is 1.96. The Hall–Kier alpha value is -1.20. The van der Waals surface area contributed by atoms with Crippen molar-refractivity contribution in [3.63, 3.8) is 0 Å². The maximum absolute atomic E-state index is 9.24. The van der Waals surface area contributed by atoms with Crippen LogP contribution in [0.15, 0.2) is 23.4 Å². The zero-order chi connectivity index (χ0) is 9.97. The molecule has 0 unspecified atom stereocenters. The Morgan fingerprint density at radius 1 is 1.57 bits per heavy atom. The van der Waals surface area contributed by atoms with Gasteiger partial charge in [0.1, 0.15) is 5.75 Å². The Labute approximate surface area is 85.3 Å². The summed E-state index contributed by atoms with van der Waals surface area (Å²) in [5, 5.41) is 10.0. The van der Waals surface area contributed by atoms with Crippen molar-refractivity contribution >= 4 is 22.8 Å². The number of phenolic OH excluding ortho intramolecular Hbond substituents is 1. The Bertz CT molecular complexity index is 441. The lowest BCUT2D eigenvalue weighted by Gasteiger charge is -1.92. The molecule has 0 fully saturated rings. The van der Waals surface area contributed by atoms with Gasteiger partial charge in [0.15, 0.2) is 5.16 Å². The van der Waals surface area contributed by atoms with E-state index in [1.165, 1.54) is 11.8 Å². The van der Waals surface area contributed by atoms with Gasteiger partial charge in [-0.1, -0.05) is 11.8 Å². The molecule has 4 nitrogen and oxygen atoms in total. The van der Waals surface area contributed by atoms with Crippen molar-refractivity contribution < 1.29 is 9.84 Å². The molecule has 0 saturated carbocycles. The van der Waals surface area contributed by atoms with E-state index in [2.05, 4.69) is 9.97 Å². The first-order chi connectivity index (χ1) is 6.79. The molecule has 74 valence electrons. The fraction of sp³-hybridized carbons (Fsp3) is 0.222. The number of methoxy groups -OCH3 is 1.